The SMILES string of the molecule is Cc1ccc(S(=O)(=O)N[C@H](/C=C\C(=O)C=[N+]=[N-])CO[Si](c2ccccc2)(c2ccccc2)C(C)(C)C)cc1. The smallest absolute Gasteiger partial charge is 0.327 e. The summed E-state index contributed by atoms with van der Waals surface area (Å²) in [5.74, 6) is -0.586. The van der Waals surface area contributed by atoms with Gasteiger partial charge in [-0.2, -0.15) is 4.79 Å². The zero-order valence-corrected chi connectivity index (χ0v) is 23.9. The quantitative estimate of drug-likeness (QED) is 0.130. The molecule has 0 aliphatic rings. The van der Waals surface area contributed by atoms with Crippen LogP contribution in [0.15, 0.2) is 102 Å². The van der Waals surface area contributed by atoms with E-state index < -0.39 is 30.2 Å². The molecule has 3 rings (SSSR count). The minimum atomic E-state index is -3.93. The predicted octanol–water partition coefficient (Wildman–Crippen LogP) is 3.64. The fourth-order valence-corrected chi connectivity index (χ4v) is 10.2. The summed E-state index contributed by atoms with van der Waals surface area (Å²) in [6.45, 7) is 8.23. The van der Waals surface area contributed by atoms with Gasteiger partial charge in [0.05, 0.1) is 17.5 Å². The van der Waals surface area contributed by atoms with Gasteiger partial charge in [-0.3, -0.25) is 4.79 Å². The van der Waals surface area contributed by atoms with Gasteiger partial charge in [-0.1, -0.05) is 105 Å². The molecule has 0 aliphatic heterocycles. The first kappa shape index (κ1) is 29.1. The lowest BCUT2D eigenvalue weighted by molar-refractivity contribution is -0.111. The summed E-state index contributed by atoms with van der Waals surface area (Å²) in [5.41, 5.74) is 9.63. The Labute approximate surface area is 226 Å². The molecule has 0 amide bonds. The van der Waals surface area contributed by atoms with E-state index in [4.69, 9.17) is 9.96 Å². The Kier molecular flexibility index (Phi) is 9.49. The molecule has 0 aliphatic carbocycles. The molecule has 3 aromatic rings. The van der Waals surface area contributed by atoms with Gasteiger partial charge in [0.1, 0.15) is 0 Å². The van der Waals surface area contributed by atoms with Crippen molar-refractivity contribution in [2.45, 2.75) is 43.7 Å². The van der Waals surface area contributed by atoms with Gasteiger partial charge in [0.15, 0.2) is 0 Å². The van der Waals surface area contributed by atoms with Crippen molar-refractivity contribution in [3.63, 3.8) is 0 Å². The van der Waals surface area contributed by atoms with Gasteiger partial charge < -0.3 is 9.96 Å². The molecule has 1 N–H and O–H groups in total. The van der Waals surface area contributed by atoms with Crippen LogP contribution in [0.5, 0.6) is 0 Å². The summed E-state index contributed by atoms with van der Waals surface area (Å²) in [4.78, 5) is 14.9. The number of carbonyl (C=O) groups is 1. The fourth-order valence-electron chi connectivity index (χ4n) is 4.40. The second-order valence-corrected chi connectivity index (χ2v) is 16.0. The third kappa shape index (κ3) is 6.89. The summed E-state index contributed by atoms with van der Waals surface area (Å²) in [6.07, 6.45) is 3.33. The number of hydrogen-bond acceptors (Lipinski definition) is 4. The van der Waals surface area contributed by atoms with Crippen LogP contribution in [0.2, 0.25) is 5.04 Å². The minimum absolute atomic E-state index is 0.0293. The van der Waals surface area contributed by atoms with Crippen LogP contribution in [-0.4, -0.2) is 46.2 Å². The molecule has 0 saturated carbocycles. The lowest BCUT2D eigenvalue weighted by Gasteiger charge is -2.43. The number of benzene rings is 3. The molecule has 0 spiro atoms. The van der Waals surface area contributed by atoms with Gasteiger partial charge in [0.2, 0.25) is 10.0 Å². The van der Waals surface area contributed by atoms with Crippen LogP contribution in [-0.2, 0) is 19.2 Å². The van der Waals surface area contributed by atoms with Crippen molar-refractivity contribution < 1.29 is 22.4 Å². The van der Waals surface area contributed by atoms with Crippen molar-refractivity contribution in [1.29, 1.82) is 0 Å². The van der Waals surface area contributed by atoms with Crippen molar-refractivity contribution in [2.75, 3.05) is 6.61 Å². The molecule has 0 heterocycles. The van der Waals surface area contributed by atoms with E-state index in [1.54, 1.807) is 12.1 Å². The number of aryl methyl sites for hydroxylation is 1. The van der Waals surface area contributed by atoms with E-state index >= 15 is 0 Å². The maximum absolute atomic E-state index is 13.2. The van der Waals surface area contributed by atoms with Crippen LogP contribution in [0.3, 0.4) is 0 Å². The number of rotatable bonds is 11. The van der Waals surface area contributed by atoms with Gasteiger partial charge in [-0.15, -0.1) is 0 Å². The van der Waals surface area contributed by atoms with E-state index in [0.29, 0.717) is 0 Å². The van der Waals surface area contributed by atoms with E-state index in [1.165, 1.54) is 18.2 Å². The van der Waals surface area contributed by atoms with E-state index in [2.05, 4.69) is 30.3 Å². The van der Waals surface area contributed by atoms with Crippen LogP contribution >= 0.6 is 0 Å². The highest BCUT2D eigenvalue weighted by Gasteiger charge is 2.50. The molecule has 0 fully saturated rings. The summed E-state index contributed by atoms with van der Waals surface area (Å²) in [7, 11) is -6.89. The van der Waals surface area contributed by atoms with E-state index in [0.717, 1.165) is 28.2 Å². The normalized spacial score (nSPS) is 13.2. The number of nitrogens with zero attached hydrogens (tertiary/aromatic N) is 2. The maximum atomic E-state index is 13.2. The molecule has 198 valence electrons. The summed E-state index contributed by atoms with van der Waals surface area (Å²) in [6, 6.07) is 25.6. The van der Waals surface area contributed by atoms with Crippen LogP contribution in [0.25, 0.3) is 5.53 Å². The highest BCUT2D eigenvalue weighted by atomic mass is 32.2. The maximum Gasteiger partial charge on any atom is 0.327 e. The average molecular weight is 548 g/mol. The van der Waals surface area contributed by atoms with Gasteiger partial charge in [-0.05, 0) is 40.5 Å². The number of allylic oxidation sites excluding steroid dienone is 1. The number of hydrogen-bond donors (Lipinski definition) is 1. The minimum Gasteiger partial charge on any atom is -0.405 e. The number of carbonyl (C=O) groups excluding carboxylic acids is 1. The molecule has 9 heteroatoms. The molecule has 3 aromatic carbocycles. The van der Waals surface area contributed by atoms with Crippen molar-refractivity contribution in [3.8, 4) is 0 Å². The first-order chi connectivity index (χ1) is 18.0. The molecule has 0 bridgehead atoms. The van der Waals surface area contributed by atoms with Gasteiger partial charge in [0, 0.05) is 0 Å². The standard InChI is InChI=1S/C29H33N3O4SSi/c1-23-15-19-26(20-16-23)37(34,35)32-24(17-18-25(33)21-31-30)22-36-38(29(2,3)4,27-11-7-5-8-12-27)28-13-9-6-10-14-28/h5-21,24,32H,22H2,1-4H3/b18-17-/t24-/m1/s1. The second kappa shape index (κ2) is 12.4. The van der Waals surface area contributed by atoms with Crippen molar-refractivity contribution >= 4 is 40.7 Å². The zero-order chi connectivity index (χ0) is 27.8. The monoisotopic (exact) mass is 547 g/mol. The Morgan fingerprint density at radius 2 is 1.50 bits per heavy atom. The van der Waals surface area contributed by atoms with E-state index in [-0.39, 0.29) is 16.5 Å². The number of nitrogens with one attached hydrogen (secondary N) is 1. The molecule has 0 saturated heterocycles. The highest BCUT2D eigenvalue weighted by molar-refractivity contribution is 7.89. The molecule has 7 nitrogen and oxygen atoms in total. The second-order valence-electron chi connectivity index (χ2n) is 10.0. The van der Waals surface area contributed by atoms with Gasteiger partial charge >= 0.3 is 6.21 Å². The summed E-state index contributed by atoms with van der Waals surface area (Å²) in [5, 5.41) is 1.77. The van der Waals surface area contributed by atoms with E-state index in [1.807, 2.05) is 67.6 Å². The molecular weight excluding hydrogens is 514 g/mol. The van der Waals surface area contributed by atoms with Crippen molar-refractivity contribution in [2.24, 2.45) is 0 Å². The molecule has 38 heavy (non-hydrogen) atoms. The molecule has 0 aromatic heterocycles. The Hall–Kier alpha value is -3.46. The topological polar surface area (TPSA) is 109 Å². The Balaban J connectivity index is 2.06. The molecule has 0 radical (unpaired) electrons. The Bertz CT molecular complexity index is 1370. The van der Waals surface area contributed by atoms with Crippen molar-refractivity contribution in [1.82, 2.24) is 4.72 Å². The van der Waals surface area contributed by atoms with E-state index in [9.17, 15) is 13.2 Å². The first-order valence-corrected chi connectivity index (χ1v) is 15.6. The largest absolute Gasteiger partial charge is 0.405 e. The Morgan fingerprint density at radius 3 is 1.97 bits per heavy atom. The van der Waals surface area contributed by atoms with Crippen LogP contribution in [0.4, 0.5) is 0 Å². The molecule has 1 atom stereocenters. The Morgan fingerprint density at radius 1 is 0.974 bits per heavy atom. The summed E-state index contributed by atoms with van der Waals surface area (Å²) >= 11 is 0. The molecular formula is C29H33N3O4SSi. The average Bonchev–Trinajstić information content (AvgIpc) is 2.88. The predicted molar refractivity (Wildman–Crippen MR) is 153 cm³/mol. The van der Waals surface area contributed by atoms with Gasteiger partial charge in [0.25, 0.3) is 14.1 Å². The third-order valence-corrected chi connectivity index (χ3v) is 12.7. The number of sulfonamides is 1. The highest BCUT2D eigenvalue weighted by Crippen LogP contribution is 2.36. The fraction of sp³-hybridized carbons (Fsp3) is 0.241. The lowest BCUT2D eigenvalue weighted by Crippen LogP contribution is -2.67. The van der Waals surface area contributed by atoms with Crippen LogP contribution in [0.1, 0.15) is 26.3 Å². The third-order valence-electron chi connectivity index (χ3n) is 6.21. The number of ketones is 1. The summed E-state index contributed by atoms with van der Waals surface area (Å²) < 4.78 is 36.1. The van der Waals surface area contributed by atoms with Crippen molar-refractivity contribution in [3.05, 3.63) is 108 Å². The van der Waals surface area contributed by atoms with Gasteiger partial charge in [-0.25, -0.2) is 13.1 Å². The zero-order valence-electron chi connectivity index (χ0n) is 22.0. The van der Waals surface area contributed by atoms with Crippen LogP contribution in [0, 0.1) is 6.92 Å². The lowest BCUT2D eigenvalue weighted by atomic mass is 10.2. The van der Waals surface area contributed by atoms with Crippen LogP contribution < -0.4 is 15.1 Å². The molecule has 0 unspecified atom stereocenters. The first-order valence-electron chi connectivity index (χ1n) is 12.2.